The van der Waals surface area contributed by atoms with Gasteiger partial charge in [-0.25, -0.2) is 0 Å². The number of carbonyl (C=O) groups is 1. The van der Waals surface area contributed by atoms with Crippen LogP contribution in [0.1, 0.15) is 13.8 Å². The van der Waals surface area contributed by atoms with Gasteiger partial charge in [-0.1, -0.05) is 13.8 Å². The van der Waals surface area contributed by atoms with Crippen molar-refractivity contribution in [2.24, 2.45) is 5.92 Å². The summed E-state index contributed by atoms with van der Waals surface area (Å²) in [5, 5.41) is 0. The van der Waals surface area contributed by atoms with Gasteiger partial charge in [-0.3, -0.25) is 4.79 Å². The molecule has 0 N–H and O–H groups in total. The lowest BCUT2D eigenvalue weighted by atomic mass is 10.2. The third-order valence-corrected chi connectivity index (χ3v) is 2.26. The molecule has 0 saturated carbocycles. The third kappa shape index (κ3) is 4.13. The van der Waals surface area contributed by atoms with Gasteiger partial charge < -0.3 is 13.3 Å². The number of rotatable bonds is 4. The van der Waals surface area contributed by atoms with Crippen LogP contribution in [0.5, 0.6) is 0 Å². The molecular formula is C6H14O4Si. The summed E-state index contributed by atoms with van der Waals surface area (Å²) < 4.78 is 14.5. The van der Waals surface area contributed by atoms with Crippen LogP contribution in [0.3, 0.4) is 0 Å². The summed E-state index contributed by atoms with van der Waals surface area (Å²) in [6.45, 7) is 3.53. The summed E-state index contributed by atoms with van der Waals surface area (Å²) in [5.41, 5.74) is 0. The molecule has 0 rings (SSSR count). The van der Waals surface area contributed by atoms with Gasteiger partial charge in [0.2, 0.25) is 0 Å². The molecule has 0 bridgehead atoms. The van der Waals surface area contributed by atoms with Gasteiger partial charge in [-0.15, -0.1) is 0 Å². The first kappa shape index (κ1) is 10.6. The Hall–Kier alpha value is -0.393. The summed E-state index contributed by atoms with van der Waals surface area (Å²) >= 11 is 0. The molecule has 5 heteroatoms. The van der Waals surface area contributed by atoms with Gasteiger partial charge in [-0.05, 0) is 0 Å². The van der Waals surface area contributed by atoms with Crippen molar-refractivity contribution in [2.45, 2.75) is 13.8 Å². The van der Waals surface area contributed by atoms with Crippen LogP contribution in [0.2, 0.25) is 0 Å². The Morgan fingerprint density at radius 1 is 1.27 bits per heavy atom. The van der Waals surface area contributed by atoms with Gasteiger partial charge >= 0.3 is 9.53 Å². The van der Waals surface area contributed by atoms with Crippen molar-refractivity contribution in [1.29, 1.82) is 0 Å². The van der Waals surface area contributed by atoms with E-state index in [1.54, 1.807) is 13.8 Å². The molecule has 0 aliphatic heterocycles. The van der Waals surface area contributed by atoms with E-state index in [0.717, 1.165) is 0 Å². The van der Waals surface area contributed by atoms with Crippen molar-refractivity contribution in [2.75, 3.05) is 14.2 Å². The van der Waals surface area contributed by atoms with Crippen LogP contribution >= 0.6 is 0 Å². The van der Waals surface area contributed by atoms with Crippen LogP contribution in [0.15, 0.2) is 0 Å². The average Bonchev–Trinajstić information content (AvgIpc) is 1.99. The second-order valence-corrected chi connectivity index (χ2v) is 4.11. The second-order valence-electron chi connectivity index (χ2n) is 2.35. The van der Waals surface area contributed by atoms with Crippen LogP contribution < -0.4 is 0 Å². The molecule has 66 valence electrons. The molecule has 0 atom stereocenters. The van der Waals surface area contributed by atoms with Crippen molar-refractivity contribution < 1.29 is 18.1 Å². The van der Waals surface area contributed by atoms with Crippen LogP contribution in [0.25, 0.3) is 0 Å². The quantitative estimate of drug-likeness (QED) is 0.577. The summed E-state index contributed by atoms with van der Waals surface area (Å²) in [4.78, 5) is 10.9. The Labute approximate surface area is 68.4 Å². The zero-order valence-corrected chi connectivity index (χ0v) is 8.44. The van der Waals surface area contributed by atoms with Crippen LogP contribution in [-0.2, 0) is 18.1 Å². The molecule has 11 heavy (non-hydrogen) atoms. The lowest BCUT2D eigenvalue weighted by molar-refractivity contribution is -0.140. The summed E-state index contributed by atoms with van der Waals surface area (Å²) in [5.74, 6) is -0.402. The molecule has 0 radical (unpaired) electrons. The normalized spacial score (nSPS) is 10.7. The lowest BCUT2D eigenvalue weighted by Gasteiger charge is -2.12. The highest BCUT2D eigenvalue weighted by Crippen LogP contribution is 1.98. The van der Waals surface area contributed by atoms with Gasteiger partial charge in [0.05, 0.1) is 5.92 Å². The van der Waals surface area contributed by atoms with E-state index in [1.165, 1.54) is 14.2 Å². The van der Waals surface area contributed by atoms with E-state index in [1.807, 2.05) is 0 Å². The van der Waals surface area contributed by atoms with Gasteiger partial charge in [0.25, 0.3) is 5.97 Å². The number of hydrogen-bond donors (Lipinski definition) is 0. The molecule has 0 amide bonds. The molecule has 0 spiro atoms. The molecule has 0 saturated heterocycles. The molecule has 0 aromatic carbocycles. The van der Waals surface area contributed by atoms with E-state index in [4.69, 9.17) is 13.3 Å². The van der Waals surface area contributed by atoms with Crippen LogP contribution in [-0.4, -0.2) is 29.7 Å². The highest BCUT2D eigenvalue weighted by molar-refractivity contribution is 6.39. The Morgan fingerprint density at radius 3 is 2.00 bits per heavy atom. The third-order valence-electron chi connectivity index (χ3n) is 1.07. The van der Waals surface area contributed by atoms with E-state index < -0.39 is 9.53 Å². The molecule has 0 fully saturated rings. The Balaban J connectivity index is 3.72. The zero-order chi connectivity index (χ0) is 8.85. The SMILES string of the molecule is CO[SiH](OC)OC(=O)C(C)C. The first-order valence-electron chi connectivity index (χ1n) is 3.38. The van der Waals surface area contributed by atoms with Gasteiger partial charge in [0.15, 0.2) is 0 Å². The minimum Gasteiger partial charge on any atom is -0.475 e. The van der Waals surface area contributed by atoms with Crippen LogP contribution in [0, 0.1) is 5.92 Å². The fourth-order valence-electron chi connectivity index (χ4n) is 0.423. The highest BCUT2D eigenvalue weighted by Gasteiger charge is 2.18. The monoisotopic (exact) mass is 178 g/mol. The molecular weight excluding hydrogens is 164 g/mol. The Morgan fingerprint density at radius 2 is 1.73 bits per heavy atom. The van der Waals surface area contributed by atoms with E-state index in [0.29, 0.717) is 0 Å². The Bertz CT molecular complexity index is 122. The van der Waals surface area contributed by atoms with Crippen LogP contribution in [0.4, 0.5) is 0 Å². The maximum atomic E-state index is 10.9. The molecule has 0 aromatic rings. The second kappa shape index (κ2) is 5.28. The Kier molecular flexibility index (Phi) is 5.09. The molecule has 0 unspecified atom stereocenters. The van der Waals surface area contributed by atoms with Gasteiger partial charge in [0.1, 0.15) is 0 Å². The zero-order valence-electron chi connectivity index (χ0n) is 7.29. The topological polar surface area (TPSA) is 44.8 Å². The lowest BCUT2D eigenvalue weighted by Crippen LogP contribution is -2.29. The number of carbonyl (C=O) groups excluding carboxylic acids is 1. The predicted molar refractivity (Wildman–Crippen MR) is 42.1 cm³/mol. The molecule has 0 aliphatic carbocycles. The summed E-state index contributed by atoms with van der Waals surface area (Å²) in [7, 11) is 0.777. The fourth-order valence-corrected chi connectivity index (χ4v) is 1.27. The van der Waals surface area contributed by atoms with Crippen molar-refractivity contribution in [3.63, 3.8) is 0 Å². The molecule has 0 heterocycles. The van der Waals surface area contributed by atoms with E-state index in [-0.39, 0.29) is 11.9 Å². The van der Waals surface area contributed by atoms with E-state index in [2.05, 4.69) is 0 Å². The summed E-state index contributed by atoms with van der Waals surface area (Å²) in [6, 6.07) is 0. The average molecular weight is 178 g/mol. The van der Waals surface area contributed by atoms with Gasteiger partial charge in [-0.2, -0.15) is 0 Å². The number of hydrogen-bond acceptors (Lipinski definition) is 4. The van der Waals surface area contributed by atoms with Crippen molar-refractivity contribution >= 4 is 15.5 Å². The minimum atomic E-state index is -2.16. The predicted octanol–water partition coefficient (Wildman–Crippen LogP) is 0.196. The highest BCUT2D eigenvalue weighted by atomic mass is 28.3. The minimum absolute atomic E-state index is 0.129. The van der Waals surface area contributed by atoms with Crippen molar-refractivity contribution in [3.8, 4) is 0 Å². The maximum Gasteiger partial charge on any atom is 0.550 e. The molecule has 0 aliphatic rings. The van der Waals surface area contributed by atoms with Crippen molar-refractivity contribution in [1.82, 2.24) is 0 Å². The van der Waals surface area contributed by atoms with E-state index >= 15 is 0 Å². The van der Waals surface area contributed by atoms with E-state index in [9.17, 15) is 4.79 Å². The maximum absolute atomic E-state index is 10.9. The first-order valence-corrected chi connectivity index (χ1v) is 4.79. The van der Waals surface area contributed by atoms with Crippen molar-refractivity contribution in [3.05, 3.63) is 0 Å². The first-order chi connectivity index (χ1) is 5.11. The smallest absolute Gasteiger partial charge is 0.475 e. The summed E-state index contributed by atoms with van der Waals surface area (Å²) in [6.07, 6.45) is 0. The molecule has 4 nitrogen and oxygen atoms in total. The van der Waals surface area contributed by atoms with Gasteiger partial charge in [0, 0.05) is 14.2 Å². The standard InChI is InChI=1S/C6H14O4Si/c1-5(2)6(7)10-11(8-3)9-4/h5,11H,1-4H3. The fraction of sp³-hybridized carbons (Fsp3) is 0.833. The molecule has 0 aromatic heterocycles. The largest absolute Gasteiger partial charge is 0.550 e.